The Bertz CT molecular complexity index is 492. The topological polar surface area (TPSA) is 49.4 Å². The Labute approximate surface area is 131 Å². The zero-order valence-electron chi connectivity index (χ0n) is 13.1. The Hall–Kier alpha value is -1.55. The second-order valence-corrected chi connectivity index (χ2v) is 6.39. The maximum Gasteiger partial charge on any atom is 0.269 e. The molecule has 0 bridgehead atoms. The van der Waals surface area contributed by atoms with E-state index in [1.807, 2.05) is 27.7 Å². The van der Waals surface area contributed by atoms with Gasteiger partial charge in [0.2, 0.25) is 5.91 Å². The molecule has 1 aromatic carbocycles. The Morgan fingerprint density at radius 1 is 1.19 bits per heavy atom. The molecule has 0 spiro atoms. The molecule has 0 saturated heterocycles. The Morgan fingerprint density at radius 2 is 1.76 bits per heavy atom. The summed E-state index contributed by atoms with van der Waals surface area (Å²) in [6, 6.07) is 6.57. The first-order valence-electron chi connectivity index (χ1n) is 7.15. The van der Waals surface area contributed by atoms with Crippen LogP contribution in [0.4, 0.5) is 0 Å². The standard InChI is InChI=1S/C16H23ClN2O2/c1-5-6-7-14(20)19(16(2,3)4)18-15(21)12-8-10-13(17)11-9-12/h8-11H,5-7H2,1-4H3,(H,18,21). The molecule has 1 N–H and O–H groups in total. The molecule has 1 rings (SSSR count). The number of carbonyl (C=O) groups excluding carboxylic acids is 2. The lowest BCUT2D eigenvalue weighted by Crippen LogP contribution is -2.55. The summed E-state index contributed by atoms with van der Waals surface area (Å²) in [5, 5.41) is 1.98. The monoisotopic (exact) mass is 310 g/mol. The van der Waals surface area contributed by atoms with Gasteiger partial charge >= 0.3 is 0 Å². The fourth-order valence-electron chi connectivity index (χ4n) is 1.81. The van der Waals surface area contributed by atoms with E-state index in [1.54, 1.807) is 24.3 Å². The Balaban J connectivity index is 2.83. The van der Waals surface area contributed by atoms with Gasteiger partial charge < -0.3 is 0 Å². The van der Waals surface area contributed by atoms with Gasteiger partial charge in [-0.05, 0) is 51.5 Å². The van der Waals surface area contributed by atoms with Crippen molar-refractivity contribution in [2.75, 3.05) is 0 Å². The molecule has 116 valence electrons. The minimum Gasteiger partial charge on any atom is -0.273 e. The van der Waals surface area contributed by atoms with E-state index < -0.39 is 5.54 Å². The lowest BCUT2D eigenvalue weighted by atomic mass is 10.1. The molecule has 21 heavy (non-hydrogen) atoms. The highest BCUT2D eigenvalue weighted by molar-refractivity contribution is 6.30. The summed E-state index contributed by atoms with van der Waals surface area (Å²) in [5.41, 5.74) is 2.69. The van der Waals surface area contributed by atoms with Gasteiger partial charge in [0.15, 0.2) is 0 Å². The molecule has 0 aliphatic rings. The maximum absolute atomic E-state index is 12.3. The van der Waals surface area contributed by atoms with Crippen LogP contribution in [-0.4, -0.2) is 22.4 Å². The SMILES string of the molecule is CCCCC(=O)N(NC(=O)c1ccc(Cl)cc1)C(C)(C)C. The molecule has 0 aromatic heterocycles. The number of hydrogen-bond donors (Lipinski definition) is 1. The number of hydrazine groups is 1. The van der Waals surface area contributed by atoms with E-state index in [1.165, 1.54) is 5.01 Å². The maximum atomic E-state index is 12.3. The van der Waals surface area contributed by atoms with E-state index >= 15 is 0 Å². The molecule has 0 atom stereocenters. The summed E-state index contributed by atoms with van der Waals surface area (Å²) in [7, 11) is 0. The quantitative estimate of drug-likeness (QED) is 0.860. The highest BCUT2D eigenvalue weighted by Gasteiger charge is 2.28. The van der Waals surface area contributed by atoms with Crippen LogP contribution in [0.5, 0.6) is 0 Å². The van der Waals surface area contributed by atoms with Crippen LogP contribution in [-0.2, 0) is 4.79 Å². The first-order valence-corrected chi connectivity index (χ1v) is 7.53. The minimum atomic E-state index is -0.479. The summed E-state index contributed by atoms with van der Waals surface area (Å²) in [6.45, 7) is 7.69. The molecule has 1 aromatic rings. The minimum absolute atomic E-state index is 0.0772. The van der Waals surface area contributed by atoms with Gasteiger partial charge in [0, 0.05) is 17.0 Å². The molecule has 4 nitrogen and oxygen atoms in total. The van der Waals surface area contributed by atoms with Crippen LogP contribution in [0.25, 0.3) is 0 Å². The van der Waals surface area contributed by atoms with Crippen molar-refractivity contribution in [1.82, 2.24) is 10.4 Å². The third kappa shape index (κ3) is 5.38. The predicted molar refractivity (Wildman–Crippen MR) is 85.0 cm³/mol. The predicted octanol–water partition coefficient (Wildman–Crippen LogP) is 3.80. The summed E-state index contributed by atoms with van der Waals surface area (Å²) >= 11 is 5.81. The van der Waals surface area contributed by atoms with Crippen molar-refractivity contribution >= 4 is 23.4 Å². The molecule has 0 heterocycles. The Kier molecular flexibility index (Phi) is 6.21. The first kappa shape index (κ1) is 17.5. The number of halogens is 1. The van der Waals surface area contributed by atoms with Gasteiger partial charge in [-0.2, -0.15) is 0 Å². The third-order valence-electron chi connectivity index (χ3n) is 2.98. The largest absolute Gasteiger partial charge is 0.273 e. The van der Waals surface area contributed by atoms with E-state index in [-0.39, 0.29) is 11.8 Å². The van der Waals surface area contributed by atoms with Gasteiger partial charge in [-0.25, -0.2) is 5.01 Å². The van der Waals surface area contributed by atoms with Gasteiger partial charge in [-0.3, -0.25) is 15.0 Å². The van der Waals surface area contributed by atoms with Crippen LogP contribution in [0.1, 0.15) is 57.3 Å². The molecule has 5 heteroatoms. The molecule has 2 amide bonds. The van der Waals surface area contributed by atoms with Gasteiger partial charge in [-0.1, -0.05) is 24.9 Å². The normalized spacial score (nSPS) is 11.1. The highest BCUT2D eigenvalue weighted by Crippen LogP contribution is 2.15. The Morgan fingerprint density at radius 3 is 2.24 bits per heavy atom. The lowest BCUT2D eigenvalue weighted by Gasteiger charge is -2.35. The van der Waals surface area contributed by atoms with Gasteiger partial charge in [0.05, 0.1) is 5.54 Å². The van der Waals surface area contributed by atoms with E-state index in [0.717, 1.165) is 12.8 Å². The van der Waals surface area contributed by atoms with Crippen molar-refractivity contribution in [2.45, 2.75) is 52.5 Å². The van der Waals surface area contributed by atoms with E-state index in [0.29, 0.717) is 17.0 Å². The van der Waals surface area contributed by atoms with E-state index in [4.69, 9.17) is 11.6 Å². The molecule has 0 aliphatic carbocycles. The molecule has 0 unspecified atom stereocenters. The molecule has 0 radical (unpaired) electrons. The van der Waals surface area contributed by atoms with Gasteiger partial charge in [-0.15, -0.1) is 0 Å². The van der Waals surface area contributed by atoms with Gasteiger partial charge in [0.25, 0.3) is 5.91 Å². The van der Waals surface area contributed by atoms with E-state index in [9.17, 15) is 9.59 Å². The second kappa shape index (κ2) is 7.46. The van der Waals surface area contributed by atoms with Crippen LogP contribution in [0.2, 0.25) is 5.02 Å². The number of carbonyl (C=O) groups is 2. The van der Waals surface area contributed by atoms with Crippen molar-refractivity contribution in [3.63, 3.8) is 0 Å². The highest BCUT2D eigenvalue weighted by atomic mass is 35.5. The fraction of sp³-hybridized carbons (Fsp3) is 0.500. The van der Waals surface area contributed by atoms with Crippen LogP contribution in [0.15, 0.2) is 24.3 Å². The van der Waals surface area contributed by atoms with Crippen molar-refractivity contribution in [1.29, 1.82) is 0 Å². The third-order valence-corrected chi connectivity index (χ3v) is 3.24. The number of amides is 2. The van der Waals surface area contributed by atoms with Crippen LogP contribution in [0.3, 0.4) is 0 Å². The molecule has 0 fully saturated rings. The molecular weight excluding hydrogens is 288 g/mol. The van der Waals surface area contributed by atoms with Crippen LogP contribution >= 0.6 is 11.6 Å². The van der Waals surface area contributed by atoms with Crippen LogP contribution < -0.4 is 5.43 Å². The van der Waals surface area contributed by atoms with Crippen molar-refractivity contribution in [3.8, 4) is 0 Å². The fourth-order valence-corrected chi connectivity index (χ4v) is 1.94. The summed E-state index contributed by atoms with van der Waals surface area (Å²) < 4.78 is 0. The lowest BCUT2D eigenvalue weighted by molar-refractivity contribution is -0.139. The molecular formula is C16H23ClN2O2. The second-order valence-electron chi connectivity index (χ2n) is 5.95. The zero-order chi connectivity index (χ0) is 16.0. The summed E-state index contributed by atoms with van der Waals surface area (Å²) in [6.07, 6.45) is 2.17. The average molecular weight is 311 g/mol. The number of hydrogen-bond acceptors (Lipinski definition) is 2. The van der Waals surface area contributed by atoms with Crippen LogP contribution in [0, 0.1) is 0 Å². The number of benzene rings is 1. The molecule has 0 saturated carbocycles. The number of nitrogens with zero attached hydrogens (tertiary/aromatic N) is 1. The summed E-state index contributed by atoms with van der Waals surface area (Å²) in [5.74, 6) is -0.391. The number of unbranched alkanes of at least 4 members (excludes halogenated alkanes) is 1. The molecule has 0 aliphatic heterocycles. The van der Waals surface area contributed by atoms with Crippen molar-refractivity contribution < 1.29 is 9.59 Å². The van der Waals surface area contributed by atoms with Gasteiger partial charge in [0.1, 0.15) is 0 Å². The number of nitrogens with one attached hydrogen (secondary N) is 1. The zero-order valence-corrected chi connectivity index (χ0v) is 13.8. The smallest absolute Gasteiger partial charge is 0.269 e. The first-order chi connectivity index (χ1) is 9.75. The van der Waals surface area contributed by atoms with Crippen molar-refractivity contribution in [2.24, 2.45) is 0 Å². The summed E-state index contributed by atoms with van der Waals surface area (Å²) in [4.78, 5) is 24.5. The van der Waals surface area contributed by atoms with E-state index in [2.05, 4.69) is 5.43 Å². The number of rotatable bonds is 4. The average Bonchev–Trinajstić information content (AvgIpc) is 2.41. The van der Waals surface area contributed by atoms with Crippen molar-refractivity contribution in [3.05, 3.63) is 34.9 Å².